The molecule has 0 bridgehead atoms. The van der Waals surface area contributed by atoms with Crippen LogP contribution < -0.4 is 5.32 Å². The maximum absolute atomic E-state index is 12.1. The van der Waals surface area contributed by atoms with Crippen LogP contribution in [-0.4, -0.2) is 146 Å². The molecule has 1 amide bonds. The van der Waals surface area contributed by atoms with Crippen molar-refractivity contribution in [1.82, 2.24) is 5.32 Å². The van der Waals surface area contributed by atoms with Crippen molar-refractivity contribution in [2.24, 2.45) is 0 Å². The lowest BCUT2D eigenvalue weighted by Gasteiger charge is -2.46. The summed E-state index contributed by atoms with van der Waals surface area (Å²) in [6.45, 7) is 6.49. The predicted molar refractivity (Wildman–Crippen MR) is 122 cm³/mol. The molecule has 0 aromatic heterocycles. The van der Waals surface area contributed by atoms with Gasteiger partial charge >= 0.3 is 6.09 Å². The van der Waals surface area contributed by atoms with E-state index in [0.29, 0.717) is 0 Å². The zero-order valence-electron chi connectivity index (χ0n) is 20.9. The topological polar surface area (TPSA) is 237 Å². The molecule has 2 aliphatic heterocycles. The van der Waals surface area contributed by atoms with Crippen molar-refractivity contribution in [2.75, 3.05) is 19.8 Å². The molecule has 0 aromatic carbocycles. The number of ether oxygens (including phenoxy) is 5. The molecule has 15 heteroatoms. The fourth-order valence-electron chi connectivity index (χ4n) is 3.74. The molecule has 2 aliphatic rings. The highest BCUT2D eigenvalue weighted by Gasteiger charge is 2.50. The van der Waals surface area contributed by atoms with E-state index < -0.39 is 105 Å². The van der Waals surface area contributed by atoms with E-state index in [4.69, 9.17) is 23.7 Å². The van der Waals surface area contributed by atoms with Gasteiger partial charge in [-0.3, -0.25) is 0 Å². The lowest BCUT2D eigenvalue weighted by molar-refractivity contribution is -0.359. The number of nitrogens with one attached hydrogen (secondary N) is 1. The van der Waals surface area contributed by atoms with Crippen LogP contribution in [0.1, 0.15) is 20.8 Å². The van der Waals surface area contributed by atoms with Crippen LogP contribution in [0.2, 0.25) is 0 Å². The Morgan fingerprint density at radius 2 is 1.51 bits per heavy atom. The van der Waals surface area contributed by atoms with Gasteiger partial charge in [-0.1, -0.05) is 6.08 Å². The minimum Gasteiger partial charge on any atom is -0.444 e. The highest BCUT2D eigenvalue weighted by atomic mass is 16.7. The predicted octanol–water partition coefficient (Wildman–Crippen LogP) is -3.93. The molecule has 15 nitrogen and oxygen atoms in total. The summed E-state index contributed by atoms with van der Waals surface area (Å²) < 4.78 is 26.8. The number of aliphatic hydroxyl groups excluding tert-OH is 8. The average Bonchev–Trinajstić information content (AvgIpc) is 2.83. The molecule has 2 saturated heterocycles. The van der Waals surface area contributed by atoms with Crippen LogP contribution in [0.15, 0.2) is 12.7 Å². The molecule has 37 heavy (non-hydrogen) atoms. The Kier molecular flexibility index (Phi) is 11.6. The van der Waals surface area contributed by atoms with Crippen LogP contribution in [0, 0.1) is 0 Å². The van der Waals surface area contributed by atoms with E-state index in [2.05, 4.69) is 11.9 Å². The van der Waals surface area contributed by atoms with Crippen LogP contribution in [0.5, 0.6) is 0 Å². The first-order valence-corrected chi connectivity index (χ1v) is 11.7. The number of rotatable bonds is 10. The van der Waals surface area contributed by atoms with Gasteiger partial charge in [-0.15, -0.1) is 6.58 Å². The second-order valence-electron chi connectivity index (χ2n) is 9.82. The first-order valence-electron chi connectivity index (χ1n) is 11.7. The number of carbonyl (C=O) groups is 1. The zero-order chi connectivity index (χ0) is 28.1. The SMILES string of the molecule is C=C[C@@H](O)[C@H](CO[C@@H]1OC(CO)[C@@H](O[C@@H]2OC(CO)[C@H](O)C(O)C2O)C(O)C1O)NC(=O)OC(C)(C)C. The Balaban J connectivity index is 2.06. The lowest BCUT2D eigenvalue weighted by atomic mass is 9.97. The number of alkyl carbamates (subject to hydrolysis) is 1. The molecular formula is C22H39NO14. The van der Waals surface area contributed by atoms with E-state index in [1.807, 2.05) is 0 Å². The van der Waals surface area contributed by atoms with Gasteiger partial charge in [-0.25, -0.2) is 4.79 Å². The van der Waals surface area contributed by atoms with Gasteiger partial charge in [0.1, 0.15) is 54.4 Å². The summed E-state index contributed by atoms with van der Waals surface area (Å²) in [5.41, 5.74) is -0.814. The van der Waals surface area contributed by atoms with E-state index in [0.717, 1.165) is 6.08 Å². The maximum atomic E-state index is 12.1. The van der Waals surface area contributed by atoms with E-state index in [1.165, 1.54) is 0 Å². The number of hydrogen-bond donors (Lipinski definition) is 9. The van der Waals surface area contributed by atoms with Crippen molar-refractivity contribution in [3.05, 3.63) is 12.7 Å². The molecule has 2 fully saturated rings. The summed E-state index contributed by atoms with van der Waals surface area (Å²) in [6, 6.07) is -1.09. The third kappa shape index (κ3) is 8.26. The van der Waals surface area contributed by atoms with E-state index in [1.54, 1.807) is 20.8 Å². The zero-order valence-corrected chi connectivity index (χ0v) is 20.9. The van der Waals surface area contributed by atoms with Crippen molar-refractivity contribution in [1.29, 1.82) is 0 Å². The molecule has 2 rings (SSSR count). The number of amides is 1. The van der Waals surface area contributed by atoms with Gasteiger partial charge in [0.15, 0.2) is 12.6 Å². The van der Waals surface area contributed by atoms with Crippen LogP contribution in [0.4, 0.5) is 4.79 Å². The molecule has 12 atom stereocenters. The van der Waals surface area contributed by atoms with Crippen molar-refractivity contribution in [3.8, 4) is 0 Å². The fourth-order valence-corrected chi connectivity index (χ4v) is 3.74. The van der Waals surface area contributed by atoms with Crippen molar-refractivity contribution >= 4 is 6.09 Å². The minimum absolute atomic E-state index is 0.433. The molecule has 6 unspecified atom stereocenters. The lowest BCUT2D eigenvalue weighted by Crippen LogP contribution is -2.65. The first kappa shape index (κ1) is 31.7. The molecule has 9 N–H and O–H groups in total. The van der Waals surface area contributed by atoms with Gasteiger partial charge in [-0.2, -0.15) is 0 Å². The van der Waals surface area contributed by atoms with Crippen LogP contribution in [-0.2, 0) is 23.7 Å². The van der Waals surface area contributed by atoms with Crippen LogP contribution >= 0.6 is 0 Å². The molecule has 0 radical (unpaired) electrons. The van der Waals surface area contributed by atoms with Gasteiger partial charge < -0.3 is 69.9 Å². The third-order valence-corrected chi connectivity index (χ3v) is 5.76. The van der Waals surface area contributed by atoms with Crippen molar-refractivity contribution < 1.29 is 69.3 Å². The van der Waals surface area contributed by atoms with Gasteiger partial charge in [0.25, 0.3) is 0 Å². The average molecular weight is 542 g/mol. The van der Waals surface area contributed by atoms with Crippen molar-refractivity contribution in [3.63, 3.8) is 0 Å². The molecule has 0 spiro atoms. The summed E-state index contributed by atoms with van der Waals surface area (Å²) in [7, 11) is 0. The smallest absolute Gasteiger partial charge is 0.408 e. The van der Waals surface area contributed by atoms with E-state index in [-0.39, 0.29) is 0 Å². The third-order valence-electron chi connectivity index (χ3n) is 5.76. The summed E-state index contributed by atoms with van der Waals surface area (Å²) in [4.78, 5) is 12.1. The number of carbonyl (C=O) groups excluding carboxylic acids is 1. The molecule has 0 aromatic rings. The number of hydrogen-bond acceptors (Lipinski definition) is 14. The molecule has 216 valence electrons. The van der Waals surface area contributed by atoms with Gasteiger partial charge in [0.2, 0.25) is 0 Å². The highest BCUT2D eigenvalue weighted by Crippen LogP contribution is 2.29. The van der Waals surface area contributed by atoms with E-state index >= 15 is 0 Å². The summed E-state index contributed by atoms with van der Waals surface area (Å²) >= 11 is 0. The standard InChI is InChI=1S/C22H39NO14/c1-5-10(26)9(23-21(32)37-22(2,3)4)8-33-19-17(31)15(29)18(12(7-25)35-19)36-20-16(30)14(28)13(27)11(6-24)34-20/h5,9-20,24-31H,1,6-8H2,2-4H3,(H,23,32)/t9-,10+,11?,12?,13-,14?,15?,16?,17?,18+,19+,20-/m0/s1. The Morgan fingerprint density at radius 3 is 2.05 bits per heavy atom. The molecule has 0 aliphatic carbocycles. The summed E-state index contributed by atoms with van der Waals surface area (Å²) in [5.74, 6) is 0. The van der Waals surface area contributed by atoms with Crippen LogP contribution in [0.3, 0.4) is 0 Å². The first-order chi connectivity index (χ1) is 17.2. The molecule has 2 heterocycles. The fraction of sp³-hybridized carbons (Fsp3) is 0.864. The highest BCUT2D eigenvalue weighted by molar-refractivity contribution is 5.68. The summed E-state index contributed by atoms with van der Waals surface area (Å²) in [5, 5.41) is 82.9. The monoisotopic (exact) mass is 541 g/mol. The second-order valence-corrected chi connectivity index (χ2v) is 9.82. The maximum Gasteiger partial charge on any atom is 0.408 e. The number of aliphatic hydroxyl groups is 8. The Hall–Kier alpha value is -1.47. The largest absolute Gasteiger partial charge is 0.444 e. The Bertz CT molecular complexity index is 731. The van der Waals surface area contributed by atoms with Crippen molar-refractivity contribution in [2.45, 2.75) is 99.9 Å². The van der Waals surface area contributed by atoms with Gasteiger partial charge in [0.05, 0.1) is 32.0 Å². The molecular weight excluding hydrogens is 502 g/mol. The Labute approximate surface area is 213 Å². The van der Waals surface area contributed by atoms with Crippen LogP contribution in [0.25, 0.3) is 0 Å². The van der Waals surface area contributed by atoms with E-state index in [9.17, 15) is 45.6 Å². The molecule has 0 saturated carbocycles. The quantitative estimate of drug-likeness (QED) is 0.120. The minimum atomic E-state index is -1.80. The van der Waals surface area contributed by atoms with Gasteiger partial charge in [0, 0.05) is 0 Å². The second kappa shape index (κ2) is 13.5. The summed E-state index contributed by atoms with van der Waals surface area (Å²) in [6.07, 6.45) is -17.1. The Morgan fingerprint density at radius 1 is 0.946 bits per heavy atom. The normalized spacial score (nSPS) is 38.5. The van der Waals surface area contributed by atoms with Gasteiger partial charge in [-0.05, 0) is 20.8 Å².